The van der Waals surface area contributed by atoms with Gasteiger partial charge in [0.15, 0.2) is 5.54 Å². The number of carboxylic acid groups (broad SMARTS) is 1. The van der Waals surface area contributed by atoms with Crippen molar-refractivity contribution in [2.45, 2.75) is 18.9 Å². The second-order valence-corrected chi connectivity index (χ2v) is 4.23. The van der Waals surface area contributed by atoms with Gasteiger partial charge < -0.3 is 15.2 Å². The van der Waals surface area contributed by atoms with Crippen molar-refractivity contribution in [1.82, 2.24) is 0 Å². The number of hydrogen-bond donors (Lipinski definition) is 2. The second kappa shape index (κ2) is 6.03. The first-order valence-corrected chi connectivity index (χ1v) is 5.48. The number of nitrogens with one attached hydrogen (secondary N) is 1. The molecule has 0 saturated heterocycles. The van der Waals surface area contributed by atoms with E-state index in [2.05, 4.69) is 11.4 Å². The van der Waals surface area contributed by atoms with Crippen LogP contribution in [0.25, 0.3) is 0 Å². The number of ether oxygens (including phenoxy) is 1. The van der Waals surface area contributed by atoms with Gasteiger partial charge in [0, 0.05) is 12.8 Å². The molecule has 0 radical (unpaired) electrons. The van der Waals surface area contributed by atoms with Gasteiger partial charge >= 0.3 is 5.97 Å². The molecular weight excluding hydrogens is 232 g/mol. The third-order valence-electron chi connectivity index (χ3n) is 2.56. The summed E-state index contributed by atoms with van der Waals surface area (Å²) in [5.74, 6) is -0.981. The van der Waals surface area contributed by atoms with Crippen LogP contribution >= 0.6 is 0 Å². The van der Waals surface area contributed by atoms with Crippen LogP contribution in [0.2, 0.25) is 0 Å². The molecule has 0 saturated carbocycles. The SMILES string of the molecule is COCC(C)(Nc1ccc(CC#N)cc1)C(=O)O. The first-order chi connectivity index (χ1) is 8.51. The van der Waals surface area contributed by atoms with Crippen LogP contribution in [0.5, 0.6) is 0 Å². The highest BCUT2D eigenvalue weighted by Gasteiger charge is 2.33. The molecule has 0 aliphatic heterocycles. The molecular formula is C13H16N2O3. The molecule has 2 N–H and O–H groups in total. The summed E-state index contributed by atoms with van der Waals surface area (Å²) in [5, 5.41) is 20.7. The van der Waals surface area contributed by atoms with E-state index in [0.717, 1.165) is 5.56 Å². The quantitative estimate of drug-likeness (QED) is 0.800. The standard InChI is InChI=1S/C13H16N2O3/c1-13(9-18-2,12(16)17)15-11-5-3-10(4-6-11)7-8-14/h3-6,15H,7,9H2,1-2H3,(H,16,17). The maximum atomic E-state index is 11.2. The lowest BCUT2D eigenvalue weighted by Crippen LogP contribution is -2.47. The van der Waals surface area contributed by atoms with E-state index in [9.17, 15) is 9.90 Å². The van der Waals surface area contributed by atoms with Crippen LogP contribution in [0.3, 0.4) is 0 Å². The predicted molar refractivity (Wildman–Crippen MR) is 67.3 cm³/mol. The molecule has 1 aromatic rings. The van der Waals surface area contributed by atoms with Gasteiger partial charge in [-0.25, -0.2) is 4.79 Å². The first kappa shape index (κ1) is 14.0. The van der Waals surface area contributed by atoms with E-state index in [1.807, 2.05) is 0 Å². The molecule has 0 aliphatic carbocycles. The minimum Gasteiger partial charge on any atom is -0.479 e. The van der Waals surface area contributed by atoms with E-state index in [0.29, 0.717) is 12.1 Å². The molecule has 96 valence electrons. The Hall–Kier alpha value is -2.06. The van der Waals surface area contributed by atoms with Gasteiger partial charge in [-0.05, 0) is 24.6 Å². The number of benzene rings is 1. The van der Waals surface area contributed by atoms with Crippen LogP contribution in [0, 0.1) is 11.3 Å². The van der Waals surface area contributed by atoms with Crippen molar-refractivity contribution < 1.29 is 14.6 Å². The van der Waals surface area contributed by atoms with E-state index in [-0.39, 0.29) is 6.61 Å². The van der Waals surface area contributed by atoms with Crippen molar-refractivity contribution >= 4 is 11.7 Å². The molecule has 0 heterocycles. The van der Waals surface area contributed by atoms with E-state index >= 15 is 0 Å². The minimum atomic E-state index is -1.18. The highest BCUT2D eigenvalue weighted by Crippen LogP contribution is 2.17. The Morgan fingerprint density at radius 2 is 2.11 bits per heavy atom. The molecule has 1 rings (SSSR count). The number of aliphatic carboxylic acids is 1. The maximum Gasteiger partial charge on any atom is 0.331 e. The molecule has 1 atom stereocenters. The fourth-order valence-corrected chi connectivity index (χ4v) is 1.56. The van der Waals surface area contributed by atoms with Crippen molar-refractivity contribution in [3.8, 4) is 6.07 Å². The molecule has 0 aliphatic rings. The van der Waals surface area contributed by atoms with Gasteiger partial charge in [0.2, 0.25) is 0 Å². The number of hydrogen-bond acceptors (Lipinski definition) is 4. The van der Waals surface area contributed by atoms with Crippen LogP contribution in [0.4, 0.5) is 5.69 Å². The highest BCUT2D eigenvalue weighted by molar-refractivity contribution is 5.82. The van der Waals surface area contributed by atoms with Crippen molar-refractivity contribution in [3.63, 3.8) is 0 Å². The van der Waals surface area contributed by atoms with E-state index in [1.165, 1.54) is 7.11 Å². The summed E-state index contributed by atoms with van der Waals surface area (Å²) >= 11 is 0. The normalized spacial score (nSPS) is 13.4. The van der Waals surface area contributed by atoms with Crippen LogP contribution in [-0.4, -0.2) is 30.3 Å². The molecule has 0 fully saturated rings. The summed E-state index contributed by atoms with van der Waals surface area (Å²) in [5.41, 5.74) is 0.399. The van der Waals surface area contributed by atoms with Crippen molar-refractivity contribution in [2.24, 2.45) is 0 Å². The monoisotopic (exact) mass is 248 g/mol. The molecule has 0 spiro atoms. The van der Waals surface area contributed by atoms with Crippen LogP contribution < -0.4 is 5.32 Å². The fraction of sp³-hybridized carbons (Fsp3) is 0.385. The number of methoxy groups -OCH3 is 1. The molecule has 0 amide bonds. The summed E-state index contributed by atoms with van der Waals surface area (Å²) in [6.07, 6.45) is 0.342. The van der Waals surface area contributed by atoms with E-state index in [4.69, 9.17) is 10.00 Å². The summed E-state index contributed by atoms with van der Waals surface area (Å²) < 4.78 is 4.92. The molecule has 5 nitrogen and oxygen atoms in total. The summed E-state index contributed by atoms with van der Waals surface area (Å²) in [6, 6.07) is 9.15. The first-order valence-electron chi connectivity index (χ1n) is 5.48. The Labute approximate surface area is 106 Å². The number of rotatable bonds is 6. The Balaban J connectivity index is 2.82. The van der Waals surface area contributed by atoms with Gasteiger partial charge in [-0.3, -0.25) is 0 Å². The van der Waals surface area contributed by atoms with Crippen molar-refractivity contribution in [3.05, 3.63) is 29.8 Å². The molecule has 5 heteroatoms. The Morgan fingerprint density at radius 1 is 1.50 bits per heavy atom. The van der Waals surface area contributed by atoms with Gasteiger partial charge in [0.25, 0.3) is 0 Å². The maximum absolute atomic E-state index is 11.2. The molecule has 0 aromatic heterocycles. The minimum absolute atomic E-state index is 0.0578. The predicted octanol–water partition coefficient (Wildman–Crippen LogP) is 1.65. The lowest BCUT2D eigenvalue weighted by Gasteiger charge is -2.26. The Kier molecular flexibility index (Phi) is 4.69. The van der Waals surface area contributed by atoms with E-state index in [1.54, 1.807) is 31.2 Å². The molecule has 1 unspecified atom stereocenters. The number of nitriles is 1. The lowest BCUT2D eigenvalue weighted by atomic mass is 10.0. The van der Waals surface area contributed by atoms with Crippen molar-refractivity contribution in [2.75, 3.05) is 19.0 Å². The summed E-state index contributed by atoms with van der Waals surface area (Å²) in [7, 11) is 1.46. The lowest BCUT2D eigenvalue weighted by molar-refractivity contribution is -0.143. The molecule has 18 heavy (non-hydrogen) atoms. The van der Waals surface area contributed by atoms with E-state index < -0.39 is 11.5 Å². The topological polar surface area (TPSA) is 82.3 Å². The smallest absolute Gasteiger partial charge is 0.331 e. The number of nitrogens with zero attached hydrogens (tertiary/aromatic N) is 1. The third-order valence-corrected chi connectivity index (χ3v) is 2.56. The van der Waals surface area contributed by atoms with Gasteiger partial charge in [-0.2, -0.15) is 5.26 Å². The fourth-order valence-electron chi connectivity index (χ4n) is 1.56. The van der Waals surface area contributed by atoms with Crippen LogP contribution in [0.1, 0.15) is 12.5 Å². The van der Waals surface area contributed by atoms with Crippen LogP contribution in [0.15, 0.2) is 24.3 Å². The largest absolute Gasteiger partial charge is 0.479 e. The zero-order chi connectivity index (χ0) is 13.6. The second-order valence-electron chi connectivity index (χ2n) is 4.23. The molecule has 0 bridgehead atoms. The number of carboxylic acids is 1. The zero-order valence-corrected chi connectivity index (χ0v) is 10.4. The Morgan fingerprint density at radius 3 is 2.56 bits per heavy atom. The van der Waals surface area contributed by atoms with Gasteiger partial charge in [0.1, 0.15) is 0 Å². The van der Waals surface area contributed by atoms with Crippen LogP contribution in [-0.2, 0) is 16.0 Å². The zero-order valence-electron chi connectivity index (χ0n) is 10.4. The number of anilines is 1. The van der Waals surface area contributed by atoms with Gasteiger partial charge in [-0.1, -0.05) is 12.1 Å². The van der Waals surface area contributed by atoms with Gasteiger partial charge in [-0.15, -0.1) is 0 Å². The average molecular weight is 248 g/mol. The number of carbonyl (C=O) groups is 1. The highest BCUT2D eigenvalue weighted by atomic mass is 16.5. The Bertz CT molecular complexity index is 450. The summed E-state index contributed by atoms with van der Waals surface area (Å²) in [6.45, 7) is 1.62. The third kappa shape index (κ3) is 3.47. The average Bonchev–Trinajstić information content (AvgIpc) is 2.32. The molecule has 1 aromatic carbocycles. The summed E-state index contributed by atoms with van der Waals surface area (Å²) in [4.78, 5) is 11.2. The van der Waals surface area contributed by atoms with Crippen molar-refractivity contribution in [1.29, 1.82) is 5.26 Å². The van der Waals surface area contributed by atoms with Gasteiger partial charge in [0.05, 0.1) is 19.1 Å².